The molecule has 1 aliphatic heterocycles. The molecule has 25 heavy (non-hydrogen) atoms. The molecule has 0 saturated carbocycles. The van der Waals surface area contributed by atoms with Gasteiger partial charge in [-0.2, -0.15) is 0 Å². The zero-order valence-electron chi connectivity index (χ0n) is 15.3. The van der Waals surface area contributed by atoms with Crippen LogP contribution in [0.3, 0.4) is 0 Å². The number of rotatable bonds is 6. The number of quaternary nitrogens is 1. The smallest absolute Gasteiger partial charge is 0.399 e. The molecule has 1 saturated heterocycles. The molecule has 1 aromatic rings. The Labute approximate surface area is 148 Å². The molecule has 0 radical (unpaired) electrons. The molecule has 0 aliphatic carbocycles. The van der Waals surface area contributed by atoms with Gasteiger partial charge in [0.1, 0.15) is 0 Å². The van der Waals surface area contributed by atoms with Crippen LogP contribution >= 0.6 is 0 Å². The fourth-order valence-electron chi connectivity index (χ4n) is 2.44. The molecule has 7 nitrogen and oxygen atoms in total. The van der Waals surface area contributed by atoms with Gasteiger partial charge in [-0.1, -0.05) is 12.1 Å². The van der Waals surface area contributed by atoms with Crippen LogP contribution in [0, 0.1) is 15.5 Å². The SMILES string of the molecule is CC[NH2+]/C=C(/B1OC(C)(C)C(C)(C)O1)C(=N)c1cccc([N+](=O)[O-])c1. The van der Waals surface area contributed by atoms with E-state index in [0.717, 1.165) is 6.54 Å². The first-order valence-corrected chi connectivity index (χ1v) is 8.32. The van der Waals surface area contributed by atoms with Crippen LogP contribution in [0.5, 0.6) is 0 Å². The minimum absolute atomic E-state index is 0.0463. The van der Waals surface area contributed by atoms with Crippen LogP contribution in [-0.4, -0.2) is 35.5 Å². The average molecular weight is 346 g/mol. The number of non-ortho nitro benzene ring substituents is 1. The van der Waals surface area contributed by atoms with Gasteiger partial charge < -0.3 is 20.0 Å². The van der Waals surface area contributed by atoms with Gasteiger partial charge in [0, 0.05) is 17.7 Å². The van der Waals surface area contributed by atoms with Crippen LogP contribution < -0.4 is 5.32 Å². The number of allylic oxidation sites excluding steroid dienone is 1. The predicted molar refractivity (Wildman–Crippen MR) is 96.6 cm³/mol. The first-order valence-electron chi connectivity index (χ1n) is 8.32. The Morgan fingerprint density at radius 3 is 2.44 bits per heavy atom. The third kappa shape index (κ3) is 3.97. The summed E-state index contributed by atoms with van der Waals surface area (Å²) in [5.74, 6) is 0. The van der Waals surface area contributed by atoms with Crippen LogP contribution in [0.25, 0.3) is 0 Å². The largest absolute Gasteiger partial charge is 0.502 e. The van der Waals surface area contributed by atoms with E-state index in [1.807, 2.05) is 46.1 Å². The average Bonchev–Trinajstić information content (AvgIpc) is 2.75. The molecule has 134 valence electrons. The van der Waals surface area contributed by atoms with E-state index in [2.05, 4.69) is 0 Å². The van der Waals surface area contributed by atoms with E-state index < -0.39 is 23.2 Å². The lowest BCUT2D eigenvalue weighted by atomic mass is 9.74. The van der Waals surface area contributed by atoms with Crippen LogP contribution in [0.1, 0.15) is 40.2 Å². The van der Waals surface area contributed by atoms with Gasteiger partial charge in [-0.25, -0.2) is 0 Å². The Morgan fingerprint density at radius 1 is 1.32 bits per heavy atom. The van der Waals surface area contributed by atoms with Gasteiger partial charge >= 0.3 is 7.12 Å². The van der Waals surface area contributed by atoms with Crippen LogP contribution in [0.2, 0.25) is 0 Å². The second kappa shape index (κ2) is 7.07. The van der Waals surface area contributed by atoms with Crippen molar-refractivity contribution in [2.24, 2.45) is 0 Å². The molecule has 1 heterocycles. The highest BCUT2D eigenvalue weighted by atomic mass is 16.7. The first kappa shape index (κ1) is 19.3. The molecule has 8 heteroatoms. The molecule has 0 unspecified atom stereocenters. The number of hydrogen-bond donors (Lipinski definition) is 2. The van der Waals surface area contributed by atoms with Crippen molar-refractivity contribution in [2.45, 2.75) is 45.8 Å². The monoisotopic (exact) mass is 346 g/mol. The summed E-state index contributed by atoms with van der Waals surface area (Å²) >= 11 is 0. The van der Waals surface area contributed by atoms with Crippen molar-refractivity contribution in [1.29, 1.82) is 5.41 Å². The second-order valence-corrected chi connectivity index (χ2v) is 7.04. The summed E-state index contributed by atoms with van der Waals surface area (Å²) in [4.78, 5) is 10.5. The number of nitrogens with one attached hydrogen (secondary N) is 1. The standard InChI is InChI=1S/C17H24BN3O4/c1-6-20-11-14(18-24-16(2,3)17(4,5)25-18)15(19)12-8-7-9-13(10-12)21(22)23/h7-11,19-20H,6H2,1-5H3/p+1/b14-11+,19-15?. The molecule has 1 fully saturated rings. The topological polar surface area (TPSA) is 102 Å². The Morgan fingerprint density at radius 2 is 1.92 bits per heavy atom. The quantitative estimate of drug-likeness (QED) is 0.356. The van der Waals surface area contributed by atoms with Crippen molar-refractivity contribution in [3.05, 3.63) is 51.6 Å². The van der Waals surface area contributed by atoms with Gasteiger partial charge in [-0.3, -0.25) is 10.1 Å². The van der Waals surface area contributed by atoms with Gasteiger partial charge in [0.2, 0.25) is 0 Å². The lowest BCUT2D eigenvalue weighted by Crippen LogP contribution is -2.78. The molecular weight excluding hydrogens is 321 g/mol. The number of nitrogens with zero attached hydrogens (tertiary/aromatic N) is 1. The summed E-state index contributed by atoms with van der Waals surface area (Å²) in [5, 5.41) is 21.5. The van der Waals surface area contributed by atoms with E-state index in [-0.39, 0.29) is 11.4 Å². The van der Waals surface area contributed by atoms with E-state index in [1.165, 1.54) is 12.1 Å². The van der Waals surface area contributed by atoms with Gasteiger partial charge in [-0.05, 0) is 34.6 Å². The summed E-state index contributed by atoms with van der Waals surface area (Å²) in [6, 6.07) is 6.06. The number of nitro groups is 1. The van der Waals surface area contributed by atoms with E-state index in [4.69, 9.17) is 14.7 Å². The molecular formula is C17H25BN3O4+. The fraction of sp³-hybridized carbons (Fsp3) is 0.471. The molecule has 2 rings (SSSR count). The maximum Gasteiger partial charge on any atom is 0.502 e. The molecule has 0 atom stereocenters. The van der Waals surface area contributed by atoms with E-state index in [9.17, 15) is 10.1 Å². The van der Waals surface area contributed by atoms with Gasteiger partial charge in [-0.15, -0.1) is 0 Å². The van der Waals surface area contributed by atoms with Crippen LogP contribution in [0.15, 0.2) is 35.9 Å². The fourth-order valence-corrected chi connectivity index (χ4v) is 2.44. The zero-order chi connectivity index (χ0) is 18.8. The minimum Gasteiger partial charge on any atom is -0.399 e. The Balaban J connectivity index is 2.37. The van der Waals surface area contributed by atoms with Crippen molar-refractivity contribution in [3.8, 4) is 0 Å². The maximum absolute atomic E-state index is 11.0. The van der Waals surface area contributed by atoms with Gasteiger partial charge in [0.15, 0.2) is 0 Å². The highest BCUT2D eigenvalue weighted by Crippen LogP contribution is 2.38. The van der Waals surface area contributed by atoms with Crippen LogP contribution in [-0.2, 0) is 9.31 Å². The Kier molecular flexibility index (Phi) is 5.46. The normalized spacial score (nSPS) is 19.1. The van der Waals surface area contributed by atoms with Crippen molar-refractivity contribution in [3.63, 3.8) is 0 Å². The first-order chi connectivity index (χ1) is 11.6. The summed E-state index contributed by atoms with van der Waals surface area (Å²) < 4.78 is 12.1. The van der Waals surface area contributed by atoms with Crippen molar-refractivity contribution in [2.75, 3.05) is 6.54 Å². The van der Waals surface area contributed by atoms with Crippen molar-refractivity contribution < 1.29 is 19.5 Å². The lowest BCUT2D eigenvalue weighted by Gasteiger charge is -2.32. The molecule has 0 aromatic heterocycles. The minimum atomic E-state index is -0.695. The molecule has 0 amide bonds. The molecule has 0 bridgehead atoms. The number of nitro benzene ring substituents is 1. The lowest BCUT2D eigenvalue weighted by molar-refractivity contribution is -0.584. The zero-order valence-corrected chi connectivity index (χ0v) is 15.3. The van der Waals surface area contributed by atoms with Crippen LogP contribution in [0.4, 0.5) is 5.69 Å². The summed E-state index contributed by atoms with van der Waals surface area (Å²) in [6.45, 7) is 10.6. The van der Waals surface area contributed by atoms with Crippen molar-refractivity contribution >= 4 is 18.5 Å². The van der Waals surface area contributed by atoms with Gasteiger partial charge in [0.25, 0.3) is 5.69 Å². The van der Waals surface area contributed by atoms with Gasteiger partial charge in [0.05, 0.1) is 40.1 Å². The summed E-state index contributed by atoms with van der Waals surface area (Å²) in [5.41, 5.74) is 0.0836. The maximum atomic E-state index is 11.0. The third-order valence-electron chi connectivity index (χ3n) is 4.67. The summed E-state index contributed by atoms with van der Waals surface area (Å²) in [7, 11) is -0.695. The molecule has 1 aliphatic rings. The number of benzene rings is 1. The van der Waals surface area contributed by atoms with Crippen molar-refractivity contribution in [1.82, 2.24) is 0 Å². The third-order valence-corrected chi connectivity index (χ3v) is 4.67. The number of hydrogen-bond acceptors (Lipinski definition) is 5. The van der Waals surface area contributed by atoms with E-state index in [0.29, 0.717) is 11.0 Å². The predicted octanol–water partition coefficient (Wildman–Crippen LogP) is 2.06. The highest BCUT2D eigenvalue weighted by Gasteiger charge is 2.53. The molecule has 0 spiro atoms. The number of nitrogens with two attached hydrogens (primary N) is 1. The Hall–Kier alpha value is -2.03. The Bertz CT molecular complexity index is 700. The second-order valence-electron chi connectivity index (χ2n) is 7.04. The van der Waals surface area contributed by atoms with E-state index in [1.54, 1.807) is 12.1 Å². The summed E-state index contributed by atoms with van der Waals surface area (Å²) in [6.07, 6.45) is 1.81. The van der Waals surface area contributed by atoms with E-state index >= 15 is 0 Å². The molecule has 3 N–H and O–H groups in total. The highest BCUT2D eigenvalue weighted by molar-refractivity contribution is 6.63. The molecule has 1 aromatic carbocycles.